The average molecular weight is 228 g/mol. The maximum atomic E-state index is 11.4. The summed E-state index contributed by atoms with van der Waals surface area (Å²) < 4.78 is 5.41. The summed E-state index contributed by atoms with van der Waals surface area (Å²) in [6, 6.07) is 0. The molecule has 1 heterocycles. The molecule has 0 bridgehead atoms. The van der Waals surface area contributed by atoms with Crippen LogP contribution in [0.1, 0.15) is 47.5 Å². The van der Waals surface area contributed by atoms with Gasteiger partial charge >= 0.3 is 6.09 Å². The van der Waals surface area contributed by atoms with Crippen molar-refractivity contribution in [1.29, 1.82) is 0 Å². The van der Waals surface area contributed by atoms with Crippen LogP contribution in [0.3, 0.4) is 0 Å². The van der Waals surface area contributed by atoms with Crippen molar-refractivity contribution in [2.45, 2.75) is 64.6 Å². The molecule has 0 spiro atoms. The Balaban J connectivity index is 2.57. The first-order valence-corrected chi connectivity index (χ1v) is 5.98. The Bertz CT molecular complexity index is 246. The van der Waals surface area contributed by atoms with E-state index in [0.717, 1.165) is 12.8 Å². The lowest BCUT2D eigenvalue weighted by Gasteiger charge is -2.45. The second-order valence-electron chi connectivity index (χ2n) is 5.86. The Hall–Kier alpha value is -0.770. The Morgan fingerprint density at radius 1 is 1.31 bits per heavy atom. The third-order valence-corrected chi connectivity index (χ3v) is 2.75. The first-order valence-electron chi connectivity index (χ1n) is 5.98. The molecule has 0 saturated carbocycles. The van der Waals surface area contributed by atoms with E-state index in [1.54, 1.807) is 0 Å². The molecule has 4 heteroatoms. The number of rotatable bonds is 2. The van der Waals surface area contributed by atoms with Gasteiger partial charge in [0.2, 0.25) is 0 Å². The van der Waals surface area contributed by atoms with E-state index >= 15 is 0 Å². The van der Waals surface area contributed by atoms with Gasteiger partial charge in [0, 0.05) is 30.5 Å². The fraction of sp³-hybridized carbons (Fsp3) is 0.917. The van der Waals surface area contributed by atoms with Crippen LogP contribution < -0.4 is 10.6 Å². The van der Waals surface area contributed by atoms with Gasteiger partial charge in [-0.3, -0.25) is 0 Å². The molecule has 1 saturated heterocycles. The van der Waals surface area contributed by atoms with Gasteiger partial charge in [-0.15, -0.1) is 0 Å². The van der Waals surface area contributed by atoms with E-state index in [1.165, 1.54) is 0 Å². The third kappa shape index (κ3) is 4.00. The predicted octanol–water partition coefficient (Wildman–Crippen LogP) is 2.04. The molecular formula is C12H24N2O2. The van der Waals surface area contributed by atoms with E-state index in [4.69, 9.17) is 4.74 Å². The number of ether oxygens (including phenoxy) is 1. The minimum Gasteiger partial charge on any atom is -0.446 e. The van der Waals surface area contributed by atoms with Crippen molar-refractivity contribution in [2.75, 3.05) is 6.54 Å². The molecule has 0 radical (unpaired) electrons. The van der Waals surface area contributed by atoms with Crippen molar-refractivity contribution in [2.24, 2.45) is 0 Å². The fourth-order valence-corrected chi connectivity index (χ4v) is 2.65. The van der Waals surface area contributed by atoms with Crippen LogP contribution >= 0.6 is 0 Å². The van der Waals surface area contributed by atoms with Gasteiger partial charge in [0.1, 0.15) is 6.10 Å². The number of hydrogen-bond donors (Lipinski definition) is 2. The summed E-state index contributed by atoms with van der Waals surface area (Å²) in [4.78, 5) is 11.4. The summed E-state index contributed by atoms with van der Waals surface area (Å²) in [7, 11) is 0. The van der Waals surface area contributed by atoms with Gasteiger partial charge in [-0.2, -0.15) is 0 Å². The smallest absolute Gasteiger partial charge is 0.407 e. The van der Waals surface area contributed by atoms with Gasteiger partial charge < -0.3 is 15.4 Å². The minimum atomic E-state index is -0.305. The summed E-state index contributed by atoms with van der Waals surface area (Å²) in [5, 5.41) is 6.22. The fourth-order valence-electron chi connectivity index (χ4n) is 2.65. The predicted molar refractivity (Wildman–Crippen MR) is 64.5 cm³/mol. The van der Waals surface area contributed by atoms with Crippen LogP contribution in [0.25, 0.3) is 0 Å². The lowest BCUT2D eigenvalue weighted by molar-refractivity contribution is 0.0196. The zero-order valence-electron chi connectivity index (χ0n) is 11.0. The Kier molecular flexibility index (Phi) is 3.84. The monoisotopic (exact) mass is 228 g/mol. The van der Waals surface area contributed by atoms with E-state index in [2.05, 4.69) is 38.3 Å². The van der Waals surface area contributed by atoms with Gasteiger partial charge in [0.05, 0.1) is 0 Å². The lowest BCUT2D eigenvalue weighted by Crippen LogP contribution is -2.60. The van der Waals surface area contributed by atoms with Gasteiger partial charge in [0.25, 0.3) is 0 Å². The van der Waals surface area contributed by atoms with Gasteiger partial charge in [0.15, 0.2) is 0 Å². The second kappa shape index (κ2) is 4.62. The van der Waals surface area contributed by atoms with Crippen molar-refractivity contribution in [3.63, 3.8) is 0 Å². The molecule has 0 unspecified atom stereocenters. The topological polar surface area (TPSA) is 50.4 Å². The van der Waals surface area contributed by atoms with Crippen LogP contribution in [-0.4, -0.2) is 29.8 Å². The molecule has 1 fully saturated rings. The maximum absolute atomic E-state index is 11.4. The van der Waals surface area contributed by atoms with E-state index in [9.17, 15) is 4.79 Å². The van der Waals surface area contributed by atoms with E-state index < -0.39 is 0 Å². The largest absolute Gasteiger partial charge is 0.446 e. The van der Waals surface area contributed by atoms with Crippen LogP contribution in [-0.2, 0) is 4.74 Å². The maximum Gasteiger partial charge on any atom is 0.407 e. The standard InChI is InChI=1S/C12H24N2O2/c1-6-13-10(15)16-9-7-11(2,3)14-12(4,5)8-9/h9,14H,6-8H2,1-5H3,(H,13,15). The van der Waals surface area contributed by atoms with Crippen LogP contribution in [0.5, 0.6) is 0 Å². The molecular weight excluding hydrogens is 204 g/mol. The molecule has 0 atom stereocenters. The van der Waals surface area contributed by atoms with Crippen molar-refractivity contribution in [3.05, 3.63) is 0 Å². The van der Waals surface area contributed by atoms with Crippen LogP contribution in [0, 0.1) is 0 Å². The van der Waals surface area contributed by atoms with E-state index in [-0.39, 0.29) is 23.3 Å². The third-order valence-electron chi connectivity index (χ3n) is 2.75. The van der Waals surface area contributed by atoms with E-state index in [1.807, 2.05) is 6.92 Å². The van der Waals surface area contributed by atoms with Crippen LogP contribution in [0.2, 0.25) is 0 Å². The van der Waals surface area contributed by atoms with Crippen LogP contribution in [0.15, 0.2) is 0 Å². The quantitative estimate of drug-likeness (QED) is 0.760. The first kappa shape index (κ1) is 13.3. The Morgan fingerprint density at radius 3 is 2.25 bits per heavy atom. The number of amides is 1. The summed E-state index contributed by atoms with van der Waals surface area (Å²) >= 11 is 0. The zero-order valence-corrected chi connectivity index (χ0v) is 11.0. The molecule has 1 aliphatic rings. The van der Waals surface area contributed by atoms with Crippen molar-refractivity contribution in [3.8, 4) is 0 Å². The number of alkyl carbamates (subject to hydrolysis) is 1. The normalized spacial score (nSPS) is 23.8. The molecule has 1 aliphatic heterocycles. The molecule has 0 aromatic carbocycles. The van der Waals surface area contributed by atoms with Crippen molar-refractivity contribution in [1.82, 2.24) is 10.6 Å². The lowest BCUT2D eigenvalue weighted by atomic mass is 9.81. The molecule has 0 aromatic heterocycles. The molecule has 16 heavy (non-hydrogen) atoms. The number of carbonyl (C=O) groups excluding carboxylic acids is 1. The number of nitrogens with one attached hydrogen (secondary N) is 2. The highest BCUT2D eigenvalue weighted by molar-refractivity contribution is 5.67. The molecule has 0 aromatic rings. The summed E-state index contributed by atoms with van der Waals surface area (Å²) in [5.74, 6) is 0. The second-order valence-corrected chi connectivity index (χ2v) is 5.86. The first-order chi connectivity index (χ1) is 7.24. The number of piperidine rings is 1. The highest BCUT2D eigenvalue weighted by Crippen LogP contribution is 2.30. The summed E-state index contributed by atoms with van der Waals surface area (Å²) in [5.41, 5.74) is 0.0256. The molecule has 0 aliphatic carbocycles. The van der Waals surface area contributed by atoms with Gasteiger partial charge in [-0.25, -0.2) is 4.79 Å². The van der Waals surface area contributed by atoms with Gasteiger partial charge in [-0.1, -0.05) is 0 Å². The molecule has 2 N–H and O–H groups in total. The Labute approximate surface area is 98.1 Å². The van der Waals surface area contributed by atoms with Crippen LogP contribution in [0.4, 0.5) is 4.79 Å². The minimum absolute atomic E-state index is 0.00204. The highest BCUT2D eigenvalue weighted by Gasteiger charge is 2.39. The summed E-state index contributed by atoms with van der Waals surface area (Å²) in [6.45, 7) is 11.1. The Morgan fingerprint density at radius 2 is 1.81 bits per heavy atom. The highest BCUT2D eigenvalue weighted by atomic mass is 16.6. The number of carbonyl (C=O) groups is 1. The van der Waals surface area contributed by atoms with Gasteiger partial charge in [-0.05, 0) is 34.6 Å². The van der Waals surface area contributed by atoms with Crippen molar-refractivity contribution < 1.29 is 9.53 Å². The SMILES string of the molecule is CCNC(=O)OC1CC(C)(C)NC(C)(C)C1. The van der Waals surface area contributed by atoms with Crippen molar-refractivity contribution >= 4 is 6.09 Å². The number of hydrogen-bond acceptors (Lipinski definition) is 3. The molecule has 4 nitrogen and oxygen atoms in total. The zero-order chi connectivity index (χ0) is 12.4. The van der Waals surface area contributed by atoms with E-state index in [0.29, 0.717) is 6.54 Å². The average Bonchev–Trinajstić information content (AvgIpc) is 1.96. The summed E-state index contributed by atoms with van der Waals surface area (Å²) in [6.07, 6.45) is 1.40. The molecule has 94 valence electrons. The molecule has 1 rings (SSSR count). The molecule has 1 amide bonds.